The molecule has 17 heavy (non-hydrogen) atoms. The summed E-state index contributed by atoms with van der Waals surface area (Å²) in [7, 11) is -3.17. The summed E-state index contributed by atoms with van der Waals surface area (Å²) >= 11 is 0. The first kappa shape index (κ1) is 14.9. The molecule has 0 aliphatic heterocycles. The lowest BCUT2D eigenvalue weighted by Crippen LogP contribution is -2.43. The summed E-state index contributed by atoms with van der Waals surface area (Å²) in [4.78, 5) is 0. The Labute approximate surface area is 106 Å². The minimum absolute atomic E-state index is 0.122. The van der Waals surface area contributed by atoms with Crippen LogP contribution >= 0.6 is 0 Å². The van der Waals surface area contributed by atoms with Crippen molar-refractivity contribution in [3.05, 3.63) is 0 Å². The van der Waals surface area contributed by atoms with E-state index in [2.05, 4.69) is 10.0 Å². The molecule has 0 bridgehead atoms. The molecule has 4 nitrogen and oxygen atoms in total. The molecule has 5 heteroatoms. The number of nitrogens with one attached hydrogen (secondary N) is 2. The van der Waals surface area contributed by atoms with Gasteiger partial charge in [0.15, 0.2) is 0 Å². The van der Waals surface area contributed by atoms with Crippen molar-refractivity contribution in [3.8, 4) is 0 Å². The van der Waals surface area contributed by atoms with E-state index in [1.54, 1.807) is 6.92 Å². The second-order valence-corrected chi connectivity index (χ2v) is 7.20. The first-order chi connectivity index (χ1) is 7.99. The highest BCUT2D eigenvalue weighted by molar-refractivity contribution is 7.90. The fourth-order valence-electron chi connectivity index (χ4n) is 1.86. The molecule has 2 atom stereocenters. The van der Waals surface area contributed by atoms with E-state index >= 15 is 0 Å². The Morgan fingerprint density at radius 2 is 1.94 bits per heavy atom. The molecule has 0 aromatic carbocycles. The summed E-state index contributed by atoms with van der Waals surface area (Å²) in [6.45, 7) is 7.11. The molecule has 1 aliphatic rings. The molecule has 0 saturated heterocycles. The fourth-order valence-corrected chi connectivity index (χ4v) is 3.16. The van der Waals surface area contributed by atoms with Crippen molar-refractivity contribution in [1.29, 1.82) is 0 Å². The highest BCUT2D eigenvalue weighted by atomic mass is 32.2. The maximum atomic E-state index is 12.1. The molecule has 2 unspecified atom stereocenters. The number of sulfonamides is 1. The van der Waals surface area contributed by atoms with Crippen molar-refractivity contribution in [2.45, 2.75) is 57.7 Å². The first-order valence-electron chi connectivity index (χ1n) is 6.71. The standard InChI is InChI=1S/C12H26N2O2S/c1-4-12(8-11-6-7-11)14-17(15,16)10(3)9-13-5-2/h10-14H,4-9H2,1-3H3. The van der Waals surface area contributed by atoms with E-state index in [0.29, 0.717) is 6.54 Å². The van der Waals surface area contributed by atoms with Crippen molar-refractivity contribution in [1.82, 2.24) is 10.0 Å². The molecular formula is C12H26N2O2S. The second-order valence-electron chi connectivity index (χ2n) is 5.07. The normalized spacial score (nSPS) is 20.2. The van der Waals surface area contributed by atoms with Gasteiger partial charge in [-0.25, -0.2) is 13.1 Å². The number of hydrogen-bond acceptors (Lipinski definition) is 3. The van der Waals surface area contributed by atoms with Crippen LogP contribution in [0, 0.1) is 5.92 Å². The van der Waals surface area contributed by atoms with Crippen LogP contribution in [0.1, 0.15) is 46.5 Å². The fraction of sp³-hybridized carbons (Fsp3) is 1.00. The summed E-state index contributed by atoms with van der Waals surface area (Å²) in [5.74, 6) is 0.756. The Morgan fingerprint density at radius 3 is 2.41 bits per heavy atom. The zero-order valence-electron chi connectivity index (χ0n) is 11.2. The maximum absolute atomic E-state index is 12.1. The van der Waals surface area contributed by atoms with E-state index in [-0.39, 0.29) is 11.3 Å². The van der Waals surface area contributed by atoms with Gasteiger partial charge in [-0.15, -0.1) is 0 Å². The SMILES string of the molecule is CCNCC(C)S(=O)(=O)NC(CC)CC1CC1. The molecule has 1 fully saturated rings. The van der Waals surface area contributed by atoms with E-state index < -0.39 is 10.0 Å². The minimum atomic E-state index is -3.17. The van der Waals surface area contributed by atoms with Crippen molar-refractivity contribution in [3.63, 3.8) is 0 Å². The van der Waals surface area contributed by atoms with E-state index in [1.165, 1.54) is 12.8 Å². The molecule has 0 radical (unpaired) electrons. The van der Waals surface area contributed by atoms with Crippen LogP contribution in [-0.4, -0.2) is 32.8 Å². The smallest absolute Gasteiger partial charge is 0.215 e. The van der Waals surface area contributed by atoms with Crippen LogP contribution < -0.4 is 10.0 Å². The highest BCUT2D eigenvalue weighted by Crippen LogP contribution is 2.34. The zero-order valence-corrected chi connectivity index (χ0v) is 12.0. The lowest BCUT2D eigenvalue weighted by Gasteiger charge is -2.20. The number of hydrogen-bond donors (Lipinski definition) is 2. The first-order valence-corrected chi connectivity index (χ1v) is 8.26. The van der Waals surface area contributed by atoms with Crippen LogP contribution in [0.2, 0.25) is 0 Å². The van der Waals surface area contributed by atoms with Crippen molar-refractivity contribution in [2.24, 2.45) is 5.92 Å². The van der Waals surface area contributed by atoms with Crippen LogP contribution in [0.3, 0.4) is 0 Å². The maximum Gasteiger partial charge on any atom is 0.215 e. The molecular weight excluding hydrogens is 236 g/mol. The summed E-state index contributed by atoms with van der Waals surface area (Å²) in [6, 6.07) is 0.122. The minimum Gasteiger partial charge on any atom is -0.316 e. The van der Waals surface area contributed by atoms with Crippen LogP contribution in [-0.2, 0) is 10.0 Å². The van der Waals surface area contributed by atoms with Crippen LogP contribution in [0.5, 0.6) is 0 Å². The van der Waals surface area contributed by atoms with Gasteiger partial charge in [-0.05, 0) is 32.2 Å². The molecule has 1 saturated carbocycles. The Balaban J connectivity index is 2.44. The summed E-state index contributed by atoms with van der Waals surface area (Å²) < 4.78 is 27.0. The second kappa shape index (κ2) is 6.71. The molecule has 0 amide bonds. The van der Waals surface area contributed by atoms with Crippen LogP contribution in [0.25, 0.3) is 0 Å². The third-order valence-corrected chi connectivity index (χ3v) is 5.24. The van der Waals surface area contributed by atoms with Gasteiger partial charge in [-0.3, -0.25) is 0 Å². The predicted molar refractivity (Wildman–Crippen MR) is 71.5 cm³/mol. The summed E-state index contributed by atoms with van der Waals surface area (Å²) in [5.41, 5.74) is 0. The van der Waals surface area contributed by atoms with Gasteiger partial charge >= 0.3 is 0 Å². The van der Waals surface area contributed by atoms with Gasteiger partial charge in [0.05, 0.1) is 5.25 Å². The summed E-state index contributed by atoms with van der Waals surface area (Å²) in [5, 5.41) is 2.71. The predicted octanol–water partition coefficient (Wildman–Crippen LogP) is 1.48. The van der Waals surface area contributed by atoms with E-state index in [0.717, 1.165) is 25.3 Å². The molecule has 0 heterocycles. The molecule has 0 aromatic heterocycles. The largest absolute Gasteiger partial charge is 0.316 e. The van der Waals surface area contributed by atoms with Crippen LogP contribution in [0.15, 0.2) is 0 Å². The van der Waals surface area contributed by atoms with E-state index in [4.69, 9.17) is 0 Å². The van der Waals surface area contributed by atoms with Gasteiger partial charge in [0, 0.05) is 12.6 Å². The lowest BCUT2D eigenvalue weighted by atomic mass is 10.1. The van der Waals surface area contributed by atoms with Crippen LogP contribution in [0.4, 0.5) is 0 Å². The van der Waals surface area contributed by atoms with Gasteiger partial charge in [0.1, 0.15) is 0 Å². The van der Waals surface area contributed by atoms with Crippen molar-refractivity contribution >= 4 is 10.0 Å². The monoisotopic (exact) mass is 262 g/mol. The van der Waals surface area contributed by atoms with E-state index in [1.807, 2.05) is 13.8 Å². The van der Waals surface area contributed by atoms with Gasteiger partial charge in [-0.1, -0.05) is 26.7 Å². The lowest BCUT2D eigenvalue weighted by molar-refractivity contribution is 0.488. The Hall–Kier alpha value is -0.130. The molecule has 0 aromatic rings. The zero-order chi connectivity index (χ0) is 12.9. The molecule has 1 aliphatic carbocycles. The third-order valence-electron chi connectivity index (χ3n) is 3.35. The molecule has 102 valence electrons. The topological polar surface area (TPSA) is 58.2 Å². The Morgan fingerprint density at radius 1 is 1.29 bits per heavy atom. The third kappa shape index (κ3) is 5.36. The Kier molecular flexibility index (Phi) is 5.89. The van der Waals surface area contributed by atoms with Crippen molar-refractivity contribution < 1.29 is 8.42 Å². The van der Waals surface area contributed by atoms with Crippen molar-refractivity contribution in [2.75, 3.05) is 13.1 Å². The highest BCUT2D eigenvalue weighted by Gasteiger charge is 2.28. The molecule has 0 spiro atoms. The average Bonchev–Trinajstić information content (AvgIpc) is 3.08. The molecule has 2 N–H and O–H groups in total. The van der Waals surface area contributed by atoms with Gasteiger partial charge in [0.25, 0.3) is 0 Å². The number of rotatable bonds is 9. The average molecular weight is 262 g/mol. The Bertz CT molecular complexity index is 312. The quantitative estimate of drug-likeness (QED) is 0.662. The van der Waals surface area contributed by atoms with E-state index in [9.17, 15) is 8.42 Å². The van der Waals surface area contributed by atoms with Gasteiger partial charge < -0.3 is 5.32 Å². The van der Waals surface area contributed by atoms with Gasteiger partial charge in [0.2, 0.25) is 10.0 Å². The molecule has 1 rings (SSSR count). The summed E-state index contributed by atoms with van der Waals surface area (Å²) in [6.07, 6.45) is 4.42. The van der Waals surface area contributed by atoms with Gasteiger partial charge in [-0.2, -0.15) is 0 Å².